The number of hydrogen-bond acceptors (Lipinski definition) is 1. The van der Waals surface area contributed by atoms with Crippen LogP contribution in [0.2, 0.25) is 0 Å². The lowest BCUT2D eigenvalue weighted by Gasteiger charge is -1.95. The molecule has 0 rings (SSSR count). The summed E-state index contributed by atoms with van der Waals surface area (Å²) in [6.45, 7) is 2.51. The molecule has 0 aliphatic rings. The third-order valence-corrected chi connectivity index (χ3v) is 2.93. The molecule has 0 aliphatic carbocycles. The van der Waals surface area contributed by atoms with E-state index in [1.165, 1.54) is 0 Å². The molecule has 0 radical (unpaired) electrons. The van der Waals surface area contributed by atoms with Gasteiger partial charge in [0.25, 0.3) is 0 Å². The number of hydrogen-bond donors (Lipinski definition) is 2. The van der Waals surface area contributed by atoms with E-state index < -0.39 is 7.15 Å². The topological polar surface area (TPSA) is 29.5 Å². The Bertz CT molecular complexity index is 73.3. The molecule has 2 nitrogen and oxygen atoms in total. The van der Waals surface area contributed by atoms with Crippen molar-refractivity contribution >= 4 is 18.1 Å². The highest BCUT2D eigenvalue weighted by Crippen LogP contribution is 2.16. The molecule has 0 aromatic heterocycles. The van der Waals surface area contributed by atoms with Crippen molar-refractivity contribution in [1.82, 2.24) is 0 Å². The van der Waals surface area contributed by atoms with E-state index in [9.17, 15) is 0 Å². The summed E-state index contributed by atoms with van der Waals surface area (Å²) in [6.07, 6.45) is 1.89. The lowest BCUT2D eigenvalue weighted by molar-refractivity contribution is 0.345. The maximum atomic E-state index is 8.73. The normalized spacial score (nSPS) is 15.9. The van der Waals surface area contributed by atoms with E-state index in [4.69, 9.17) is 9.42 Å². The van der Waals surface area contributed by atoms with Gasteiger partial charge in [0.15, 0.2) is 0 Å². The monoisotopic (exact) mass is 142 g/mol. The van der Waals surface area contributed by atoms with Gasteiger partial charge >= 0.3 is 0 Å². The minimum Gasteiger partial charge on any atom is -0.351 e. The molecule has 1 atom stereocenters. The summed E-state index contributed by atoms with van der Waals surface area (Å²) < 4.78 is 4.84. The molecule has 0 heterocycles. The largest absolute Gasteiger partial charge is 0.351 e. The minimum atomic E-state index is -1.41. The van der Waals surface area contributed by atoms with Gasteiger partial charge in [-0.3, -0.25) is 0 Å². The van der Waals surface area contributed by atoms with Crippen LogP contribution in [0.4, 0.5) is 0 Å². The van der Waals surface area contributed by atoms with Crippen LogP contribution in [-0.4, -0.2) is 17.8 Å². The maximum Gasteiger partial charge on any atom is 0.130 e. The van der Waals surface area contributed by atoms with Crippen molar-refractivity contribution < 1.29 is 9.42 Å². The van der Waals surface area contributed by atoms with E-state index in [-0.39, 0.29) is 0 Å². The molecule has 46 valence electrons. The first-order chi connectivity index (χ1) is 3.31. The summed E-state index contributed by atoms with van der Waals surface area (Å²) in [4.78, 5) is 8.73. The SMILES string of the molecule is CCO/[PH](O)=[SH]\C. The fourth-order valence-electron chi connectivity index (χ4n) is 0.194. The molecule has 0 aliphatic heterocycles. The molecule has 0 spiro atoms. The van der Waals surface area contributed by atoms with Crippen LogP contribution in [-0.2, 0) is 15.5 Å². The predicted molar refractivity (Wildman–Crippen MR) is 36.8 cm³/mol. The van der Waals surface area contributed by atoms with Crippen LogP contribution < -0.4 is 0 Å². The van der Waals surface area contributed by atoms with Gasteiger partial charge in [0.05, 0.1) is 6.61 Å². The Morgan fingerprint density at radius 1 is 1.86 bits per heavy atom. The second-order valence-electron chi connectivity index (χ2n) is 0.939. The van der Waals surface area contributed by atoms with Crippen LogP contribution in [0.3, 0.4) is 0 Å². The summed E-state index contributed by atoms with van der Waals surface area (Å²) in [7, 11) is -0.429. The van der Waals surface area contributed by atoms with Gasteiger partial charge in [-0.25, -0.2) is 0 Å². The van der Waals surface area contributed by atoms with E-state index in [1.807, 2.05) is 13.2 Å². The van der Waals surface area contributed by atoms with Crippen LogP contribution in [0, 0.1) is 0 Å². The van der Waals surface area contributed by atoms with E-state index in [0.29, 0.717) is 6.61 Å². The van der Waals surface area contributed by atoms with Gasteiger partial charge in [-0.05, 0) is 13.2 Å². The molecule has 0 saturated carbocycles. The van der Waals surface area contributed by atoms with Crippen LogP contribution in [0.25, 0.3) is 0 Å². The van der Waals surface area contributed by atoms with Crippen molar-refractivity contribution in [3.63, 3.8) is 0 Å². The molecule has 0 amide bonds. The van der Waals surface area contributed by atoms with E-state index >= 15 is 0 Å². The highest BCUT2D eigenvalue weighted by atomic mass is 32.5. The van der Waals surface area contributed by atoms with E-state index in [1.54, 1.807) is 0 Å². The van der Waals surface area contributed by atoms with Crippen LogP contribution in [0.5, 0.6) is 0 Å². The van der Waals surface area contributed by atoms with Crippen molar-refractivity contribution in [2.75, 3.05) is 12.9 Å². The second kappa shape index (κ2) is 4.85. The summed E-state index contributed by atoms with van der Waals surface area (Å²) in [6, 6.07) is 0. The maximum absolute atomic E-state index is 8.73. The third-order valence-electron chi connectivity index (χ3n) is 0.465. The molecular formula is C3H11O2PS. The average Bonchev–Trinajstić information content (AvgIpc) is 1.68. The van der Waals surface area contributed by atoms with E-state index in [0.717, 1.165) is 10.9 Å². The third kappa shape index (κ3) is 4.56. The standard InChI is InChI=1S/C3H11O2PS/c1-3-5-6(4)7-2/h4,6-7H,3H2,1-2H3. The van der Waals surface area contributed by atoms with Gasteiger partial charge in [0.2, 0.25) is 0 Å². The zero-order valence-electron chi connectivity index (χ0n) is 4.51. The Labute approximate surface area is 48.1 Å². The van der Waals surface area contributed by atoms with Gasteiger partial charge < -0.3 is 9.42 Å². The van der Waals surface area contributed by atoms with E-state index in [2.05, 4.69) is 0 Å². The molecule has 1 N–H and O–H groups in total. The molecule has 0 fully saturated rings. The van der Waals surface area contributed by atoms with Gasteiger partial charge in [-0.2, -0.15) is 10.9 Å². The lowest BCUT2D eigenvalue weighted by atomic mass is 10.9. The van der Waals surface area contributed by atoms with Gasteiger partial charge in [0, 0.05) is 0 Å². The zero-order valence-corrected chi connectivity index (χ0v) is 6.40. The van der Waals surface area contributed by atoms with Gasteiger partial charge in [-0.15, -0.1) is 0 Å². The fourth-order valence-corrected chi connectivity index (χ4v) is 1.36. The molecule has 4 heteroatoms. The first-order valence-electron chi connectivity index (χ1n) is 2.09. The summed E-state index contributed by atoms with van der Waals surface area (Å²) in [5, 5.41) is 0. The Kier molecular flexibility index (Phi) is 5.33. The first kappa shape index (κ1) is 7.70. The molecule has 0 bridgehead atoms. The van der Waals surface area contributed by atoms with Crippen molar-refractivity contribution in [1.29, 1.82) is 0 Å². The fraction of sp³-hybridized carbons (Fsp3) is 1.00. The number of thiol groups is 1. The smallest absolute Gasteiger partial charge is 0.130 e. The van der Waals surface area contributed by atoms with Crippen molar-refractivity contribution in [3.8, 4) is 0 Å². The Morgan fingerprint density at radius 2 is 2.43 bits per heavy atom. The molecule has 0 aromatic rings. The van der Waals surface area contributed by atoms with Crippen molar-refractivity contribution in [2.24, 2.45) is 0 Å². The molecular weight excluding hydrogens is 131 g/mol. The second-order valence-corrected chi connectivity index (χ2v) is 4.73. The number of rotatable bonds is 2. The Morgan fingerprint density at radius 3 is 2.57 bits per heavy atom. The van der Waals surface area contributed by atoms with Crippen LogP contribution in [0.1, 0.15) is 6.92 Å². The zero-order chi connectivity index (χ0) is 5.70. The van der Waals surface area contributed by atoms with Crippen LogP contribution >= 0.6 is 7.15 Å². The predicted octanol–water partition coefficient (Wildman–Crippen LogP) is 0.419. The van der Waals surface area contributed by atoms with Gasteiger partial charge in [-0.1, -0.05) is 0 Å². The highest BCUT2D eigenvalue weighted by Gasteiger charge is 1.77. The van der Waals surface area contributed by atoms with Gasteiger partial charge in [0.1, 0.15) is 7.15 Å². The Balaban J connectivity index is 3.17. The molecule has 1 unspecified atom stereocenters. The molecule has 7 heavy (non-hydrogen) atoms. The average molecular weight is 142 g/mol. The molecule has 0 aromatic carbocycles. The Hall–Kier alpha value is 0.700. The minimum absolute atomic E-state index is 0.631. The summed E-state index contributed by atoms with van der Waals surface area (Å²) in [5.74, 6) is 0. The lowest BCUT2D eigenvalue weighted by Crippen LogP contribution is -1.74. The van der Waals surface area contributed by atoms with Crippen LogP contribution in [0.15, 0.2) is 0 Å². The molecule has 0 saturated heterocycles. The first-order valence-corrected chi connectivity index (χ1v) is 5.63. The highest BCUT2D eigenvalue weighted by molar-refractivity contribution is 8.11. The van der Waals surface area contributed by atoms with Crippen molar-refractivity contribution in [2.45, 2.75) is 6.92 Å². The summed E-state index contributed by atoms with van der Waals surface area (Å²) in [5.41, 5.74) is 0. The van der Waals surface area contributed by atoms with Crippen molar-refractivity contribution in [3.05, 3.63) is 0 Å². The summed E-state index contributed by atoms with van der Waals surface area (Å²) >= 11 is 0. The quantitative estimate of drug-likeness (QED) is 0.432.